The Kier molecular flexibility index (Phi) is 4.42. The van der Waals surface area contributed by atoms with Crippen LogP contribution in [0.15, 0.2) is 54.6 Å². The quantitative estimate of drug-likeness (QED) is 0.659. The number of hydrogen-bond donors (Lipinski definition) is 1. The standard InChI is InChI=1S/C21H19F3N2O/c22-21(23,24)17-9-7-14(8-10-17)20(27)26-11-3-5-16(13-26)19-12-15-4-1-2-6-18(15)25-19/h1-2,4,6-10,12,16,25H,3,5,11,13H2. The highest BCUT2D eigenvalue weighted by Crippen LogP contribution is 2.31. The van der Waals surface area contributed by atoms with Crippen molar-refractivity contribution >= 4 is 16.8 Å². The van der Waals surface area contributed by atoms with Crippen LogP contribution in [0.1, 0.15) is 40.4 Å². The van der Waals surface area contributed by atoms with Crippen LogP contribution in [0.4, 0.5) is 13.2 Å². The van der Waals surface area contributed by atoms with Gasteiger partial charge in [-0.1, -0.05) is 18.2 Å². The molecule has 1 saturated heterocycles. The van der Waals surface area contributed by atoms with E-state index in [2.05, 4.69) is 11.1 Å². The van der Waals surface area contributed by atoms with Crippen molar-refractivity contribution < 1.29 is 18.0 Å². The molecule has 3 nitrogen and oxygen atoms in total. The van der Waals surface area contributed by atoms with Gasteiger partial charge in [-0.25, -0.2) is 0 Å². The zero-order valence-corrected chi connectivity index (χ0v) is 14.6. The summed E-state index contributed by atoms with van der Waals surface area (Å²) in [4.78, 5) is 17.9. The predicted molar refractivity (Wildman–Crippen MR) is 97.6 cm³/mol. The van der Waals surface area contributed by atoms with Gasteiger partial charge in [0.05, 0.1) is 5.56 Å². The van der Waals surface area contributed by atoms with Gasteiger partial charge in [-0.3, -0.25) is 4.79 Å². The third kappa shape index (κ3) is 3.56. The molecule has 1 N–H and O–H groups in total. The van der Waals surface area contributed by atoms with E-state index in [1.807, 2.05) is 24.3 Å². The summed E-state index contributed by atoms with van der Waals surface area (Å²) < 4.78 is 38.1. The van der Waals surface area contributed by atoms with Crippen molar-refractivity contribution in [1.29, 1.82) is 0 Å². The van der Waals surface area contributed by atoms with Crippen LogP contribution >= 0.6 is 0 Å². The minimum Gasteiger partial charge on any atom is -0.358 e. The lowest BCUT2D eigenvalue weighted by Gasteiger charge is -2.32. The highest BCUT2D eigenvalue weighted by Gasteiger charge is 2.31. The van der Waals surface area contributed by atoms with Crippen LogP contribution in [-0.4, -0.2) is 28.9 Å². The lowest BCUT2D eigenvalue weighted by molar-refractivity contribution is -0.137. The molecule has 1 aliphatic rings. The van der Waals surface area contributed by atoms with Gasteiger partial charge in [0.15, 0.2) is 0 Å². The smallest absolute Gasteiger partial charge is 0.358 e. The normalized spacial score (nSPS) is 18.0. The summed E-state index contributed by atoms with van der Waals surface area (Å²) >= 11 is 0. The highest BCUT2D eigenvalue weighted by atomic mass is 19.4. The molecule has 6 heteroatoms. The Labute approximate surface area is 154 Å². The van der Waals surface area contributed by atoms with E-state index >= 15 is 0 Å². The van der Waals surface area contributed by atoms with Crippen LogP contribution < -0.4 is 0 Å². The second kappa shape index (κ2) is 6.76. The molecule has 27 heavy (non-hydrogen) atoms. The fourth-order valence-electron chi connectivity index (χ4n) is 3.72. The van der Waals surface area contributed by atoms with Crippen molar-refractivity contribution in [1.82, 2.24) is 9.88 Å². The second-order valence-electron chi connectivity index (χ2n) is 6.98. The van der Waals surface area contributed by atoms with Gasteiger partial charge in [-0.15, -0.1) is 0 Å². The average Bonchev–Trinajstić information content (AvgIpc) is 3.11. The van der Waals surface area contributed by atoms with E-state index in [0.717, 1.165) is 41.6 Å². The van der Waals surface area contributed by atoms with Gasteiger partial charge in [-0.05, 0) is 54.6 Å². The van der Waals surface area contributed by atoms with E-state index in [0.29, 0.717) is 18.7 Å². The number of aromatic nitrogens is 1. The number of halogens is 3. The lowest BCUT2D eigenvalue weighted by Crippen LogP contribution is -2.39. The van der Waals surface area contributed by atoms with Gasteiger partial charge < -0.3 is 9.88 Å². The average molecular weight is 372 g/mol. The molecule has 0 bridgehead atoms. The molecular formula is C21H19F3N2O. The summed E-state index contributed by atoms with van der Waals surface area (Å²) in [5, 5.41) is 1.14. The zero-order chi connectivity index (χ0) is 19.0. The third-order valence-corrected chi connectivity index (χ3v) is 5.16. The van der Waals surface area contributed by atoms with Crippen LogP contribution in [0.25, 0.3) is 10.9 Å². The summed E-state index contributed by atoms with van der Waals surface area (Å²) in [6.07, 6.45) is -2.55. The maximum atomic E-state index is 12.7. The summed E-state index contributed by atoms with van der Waals surface area (Å²) in [6, 6.07) is 14.6. The molecular weight excluding hydrogens is 353 g/mol. The molecule has 2 heterocycles. The van der Waals surface area contributed by atoms with Crippen molar-refractivity contribution in [2.24, 2.45) is 0 Å². The molecule has 3 aromatic rings. The fourth-order valence-corrected chi connectivity index (χ4v) is 3.72. The molecule has 1 unspecified atom stereocenters. The van der Waals surface area contributed by atoms with E-state index in [1.165, 1.54) is 12.1 Å². The van der Waals surface area contributed by atoms with Gasteiger partial charge in [0.2, 0.25) is 0 Å². The summed E-state index contributed by atoms with van der Waals surface area (Å²) in [7, 11) is 0. The van der Waals surface area contributed by atoms with Crippen LogP contribution in [-0.2, 0) is 6.18 Å². The second-order valence-corrected chi connectivity index (χ2v) is 6.98. The summed E-state index contributed by atoms with van der Waals surface area (Å²) in [5.41, 5.74) is 1.72. The lowest BCUT2D eigenvalue weighted by atomic mass is 9.94. The molecule has 1 atom stereocenters. The van der Waals surface area contributed by atoms with E-state index in [4.69, 9.17) is 0 Å². The van der Waals surface area contributed by atoms with Crippen molar-refractivity contribution in [2.75, 3.05) is 13.1 Å². The molecule has 0 radical (unpaired) electrons. The van der Waals surface area contributed by atoms with Gasteiger partial charge in [0.25, 0.3) is 5.91 Å². The number of likely N-dealkylation sites (tertiary alicyclic amines) is 1. The summed E-state index contributed by atoms with van der Waals surface area (Å²) in [6.45, 7) is 1.18. The van der Waals surface area contributed by atoms with Crippen LogP contribution in [0, 0.1) is 0 Å². The minimum atomic E-state index is -4.40. The SMILES string of the molecule is O=C(c1ccc(C(F)(F)F)cc1)N1CCCC(c2cc3ccccc3[nH]2)C1. The van der Waals surface area contributed by atoms with Crippen LogP contribution in [0.5, 0.6) is 0 Å². The number of rotatable bonds is 2. The molecule has 2 aromatic carbocycles. The van der Waals surface area contributed by atoms with Gasteiger partial charge in [-0.2, -0.15) is 13.2 Å². The molecule has 140 valence electrons. The first-order valence-electron chi connectivity index (χ1n) is 8.96. The van der Waals surface area contributed by atoms with Gasteiger partial charge in [0, 0.05) is 35.8 Å². The maximum absolute atomic E-state index is 12.7. The summed E-state index contributed by atoms with van der Waals surface area (Å²) in [5.74, 6) is -0.0194. The Hall–Kier alpha value is -2.76. The Bertz CT molecular complexity index is 926. The topological polar surface area (TPSA) is 36.1 Å². The van der Waals surface area contributed by atoms with E-state index < -0.39 is 11.7 Å². The number of fused-ring (bicyclic) bond motifs is 1. The van der Waals surface area contributed by atoms with E-state index in [-0.39, 0.29) is 11.8 Å². The van der Waals surface area contributed by atoms with Crippen LogP contribution in [0.2, 0.25) is 0 Å². The molecule has 1 aromatic heterocycles. The number of piperidine rings is 1. The van der Waals surface area contributed by atoms with Crippen molar-refractivity contribution in [2.45, 2.75) is 24.9 Å². The Morgan fingerprint density at radius 3 is 2.52 bits per heavy atom. The van der Waals surface area contributed by atoms with E-state index in [1.54, 1.807) is 4.90 Å². The third-order valence-electron chi connectivity index (χ3n) is 5.16. The number of hydrogen-bond acceptors (Lipinski definition) is 1. The fraction of sp³-hybridized carbons (Fsp3) is 0.286. The number of nitrogens with one attached hydrogen (secondary N) is 1. The number of carbonyl (C=O) groups is 1. The number of para-hydroxylation sites is 1. The number of aromatic amines is 1. The number of benzene rings is 2. The largest absolute Gasteiger partial charge is 0.416 e. The predicted octanol–water partition coefficient (Wildman–Crippen LogP) is 5.21. The Morgan fingerprint density at radius 2 is 1.81 bits per heavy atom. The van der Waals surface area contributed by atoms with Gasteiger partial charge >= 0.3 is 6.18 Å². The van der Waals surface area contributed by atoms with Crippen molar-refractivity contribution in [3.8, 4) is 0 Å². The monoisotopic (exact) mass is 372 g/mol. The first kappa shape index (κ1) is 17.6. The Balaban J connectivity index is 1.51. The van der Waals surface area contributed by atoms with Crippen molar-refractivity contribution in [3.63, 3.8) is 0 Å². The molecule has 0 aliphatic carbocycles. The van der Waals surface area contributed by atoms with Crippen molar-refractivity contribution in [3.05, 3.63) is 71.4 Å². The number of carbonyl (C=O) groups excluding carboxylic acids is 1. The maximum Gasteiger partial charge on any atom is 0.416 e. The van der Waals surface area contributed by atoms with Gasteiger partial charge in [0.1, 0.15) is 0 Å². The number of alkyl halides is 3. The molecule has 1 aliphatic heterocycles. The van der Waals surface area contributed by atoms with Crippen LogP contribution in [0.3, 0.4) is 0 Å². The molecule has 0 saturated carbocycles. The molecule has 1 amide bonds. The minimum absolute atomic E-state index is 0.199. The molecule has 0 spiro atoms. The van der Waals surface area contributed by atoms with E-state index in [9.17, 15) is 18.0 Å². The molecule has 4 rings (SSSR count). The molecule has 1 fully saturated rings. The number of nitrogens with zero attached hydrogens (tertiary/aromatic N) is 1. The first-order chi connectivity index (χ1) is 12.9. The number of amides is 1. The highest BCUT2D eigenvalue weighted by molar-refractivity contribution is 5.94. The first-order valence-corrected chi connectivity index (χ1v) is 8.96. The zero-order valence-electron chi connectivity index (χ0n) is 14.6. The number of H-pyrrole nitrogens is 1. The Morgan fingerprint density at radius 1 is 1.07 bits per heavy atom.